The van der Waals surface area contributed by atoms with E-state index in [-0.39, 0.29) is 0 Å². The lowest BCUT2D eigenvalue weighted by atomic mass is 10.2. The summed E-state index contributed by atoms with van der Waals surface area (Å²) in [6, 6.07) is 1.31. The van der Waals surface area contributed by atoms with Crippen molar-refractivity contribution in [3.05, 3.63) is 0 Å². The Labute approximate surface area is 72.5 Å². The molecule has 0 saturated carbocycles. The maximum absolute atomic E-state index is 5.84. The molecule has 0 aromatic carbocycles. The van der Waals surface area contributed by atoms with E-state index in [1.807, 2.05) is 0 Å². The van der Waals surface area contributed by atoms with Gasteiger partial charge in [0.1, 0.15) is 0 Å². The highest BCUT2D eigenvalue weighted by Crippen LogP contribution is 2.24. The molecule has 2 saturated heterocycles. The number of nitrogens with zero attached hydrogens (tertiary/aromatic N) is 1. The van der Waals surface area contributed by atoms with Gasteiger partial charge in [-0.1, -0.05) is 0 Å². The first kappa shape index (κ1) is 7.90. The van der Waals surface area contributed by atoms with Crippen LogP contribution in [-0.4, -0.2) is 41.6 Å². The fourth-order valence-electron chi connectivity index (χ4n) is 1.96. The third-order valence-electron chi connectivity index (χ3n) is 2.68. The van der Waals surface area contributed by atoms with Crippen molar-refractivity contribution in [2.24, 2.45) is 5.73 Å². The first-order valence-corrected chi connectivity index (χ1v) is 5.59. The van der Waals surface area contributed by atoms with Crippen LogP contribution in [0, 0.1) is 0 Å². The van der Waals surface area contributed by atoms with Gasteiger partial charge in [0, 0.05) is 30.9 Å². The quantitative estimate of drug-likeness (QED) is 0.625. The standard InChI is InChI=1S/C8H16N2S/c9-7-1-3-10(5-7)8-2-4-11-6-8/h7-8H,1-6,9H2/t7-,8+/m0/s1. The average molecular weight is 172 g/mol. The van der Waals surface area contributed by atoms with Crippen molar-refractivity contribution in [2.75, 3.05) is 24.6 Å². The van der Waals surface area contributed by atoms with Crippen molar-refractivity contribution >= 4 is 11.8 Å². The van der Waals surface area contributed by atoms with E-state index in [0.717, 1.165) is 12.6 Å². The molecule has 2 fully saturated rings. The highest BCUT2D eigenvalue weighted by Gasteiger charge is 2.28. The highest BCUT2D eigenvalue weighted by molar-refractivity contribution is 7.99. The molecule has 0 aromatic heterocycles. The SMILES string of the molecule is N[C@H]1CCN([C@@H]2CCSC2)C1. The van der Waals surface area contributed by atoms with Crippen molar-refractivity contribution in [1.82, 2.24) is 4.90 Å². The molecule has 2 heterocycles. The maximum Gasteiger partial charge on any atom is 0.0194 e. The van der Waals surface area contributed by atoms with Gasteiger partial charge in [-0.15, -0.1) is 0 Å². The van der Waals surface area contributed by atoms with Crippen LogP contribution < -0.4 is 5.73 Å². The zero-order valence-corrected chi connectivity index (χ0v) is 7.65. The van der Waals surface area contributed by atoms with E-state index in [2.05, 4.69) is 16.7 Å². The Morgan fingerprint density at radius 1 is 1.36 bits per heavy atom. The van der Waals surface area contributed by atoms with E-state index in [1.54, 1.807) is 0 Å². The molecule has 2 atom stereocenters. The summed E-state index contributed by atoms with van der Waals surface area (Å²) in [6.45, 7) is 2.39. The Balaban J connectivity index is 1.85. The van der Waals surface area contributed by atoms with Crippen LogP contribution in [0.15, 0.2) is 0 Å². The summed E-state index contributed by atoms with van der Waals surface area (Å²) in [7, 11) is 0. The van der Waals surface area contributed by atoms with Crippen LogP contribution in [0.2, 0.25) is 0 Å². The Morgan fingerprint density at radius 2 is 2.27 bits per heavy atom. The molecule has 0 aromatic rings. The van der Waals surface area contributed by atoms with Crippen molar-refractivity contribution < 1.29 is 0 Å². The van der Waals surface area contributed by atoms with Gasteiger partial charge in [-0.2, -0.15) is 11.8 Å². The van der Waals surface area contributed by atoms with Crippen LogP contribution in [0.4, 0.5) is 0 Å². The normalized spacial score (nSPS) is 40.1. The number of nitrogens with two attached hydrogens (primary N) is 1. The third kappa shape index (κ3) is 1.71. The summed E-state index contributed by atoms with van der Waals surface area (Å²) >= 11 is 2.09. The maximum atomic E-state index is 5.84. The van der Waals surface area contributed by atoms with Crippen LogP contribution >= 0.6 is 11.8 Å². The van der Waals surface area contributed by atoms with Gasteiger partial charge in [-0.05, 0) is 18.6 Å². The molecule has 0 spiro atoms. The van der Waals surface area contributed by atoms with Gasteiger partial charge < -0.3 is 5.73 Å². The topological polar surface area (TPSA) is 29.3 Å². The zero-order chi connectivity index (χ0) is 7.68. The first-order valence-electron chi connectivity index (χ1n) is 4.43. The van der Waals surface area contributed by atoms with Crippen LogP contribution in [-0.2, 0) is 0 Å². The summed E-state index contributed by atoms with van der Waals surface area (Å²) in [5.41, 5.74) is 5.84. The van der Waals surface area contributed by atoms with Crippen molar-refractivity contribution in [1.29, 1.82) is 0 Å². The predicted octanol–water partition coefficient (Wildman–Crippen LogP) is 0.525. The Hall–Kier alpha value is 0.270. The van der Waals surface area contributed by atoms with Gasteiger partial charge >= 0.3 is 0 Å². The van der Waals surface area contributed by atoms with E-state index in [4.69, 9.17) is 5.73 Å². The molecule has 64 valence electrons. The van der Waals surface area contributed by atoms with Gasteiger partial charge in [0.15, 0.2) is 0 Å². The number of likely N-dealkylation sites (tertiary alicyclic amines) is 1. The second kappa shape index (κ2) is 3.33. The van der Waals surface area contributed by atoms with Gasteiger partial charge in [-0.25, -0.2) is 0 Å². The first-order chi connectivity index (χ1) is 5.36. The monoisotopic (exact) mass is 172 g/mol. The van der Waals surface area contributed by atoms with E-state index >= 15 is 0 Å². The molecule has 0 aliphatic carbocycles. The van der Waals surface area contributed by atoms with E-state index in [9.17, 15) is 0 Å². The molecule has 2 N–H and O–H groups in total. The molecule has 0 unspecified atom stereocenters. The summed E-state index contributed by atoms with van der Waals surface area (Å²) in [5, 5.41) is 0. The van der Waals surface area contributed by atoms with E-state index < -0.39 is 0 Å². The summed E-state index contributed by atoms with van der Waals surface area (Å²) in [6.07, 6.45) is 2.60. The average Bonchev–Trinajstić information content (AvgIpc) is 2.55. The van der Waals surface area contributed by atoms with Crippen LogP contribution in [0.5, 0.6) is 0 Å². The number of thioether (sulfide) groups is 1. The van der Waals surface area contributed by atoms with Crippen molar-refractivity contribution in [2.45, 2.75) is 24.9 Å². The van der Waals surface area contributed by atoms with Crippen molar-refractivity contribution in [3.8, 4) is 0 Å². The second-order valence-electron chi connectivity index (χ2n) is 3.56. The lowest BCUT2D eigenvalue weighted by Crippen LogP contribution is -2.35. The fraction of sp³-hybridized carbons (Fsp3) is 1.00. The molecule has 3 heteroatoms. The third-order valence-corrected chi connectivity index (χ3v) is 3.82. The minimum absolute atomic E-state index is 0.459. The molecular formula is C8H16N2S. The smallest absolute Gasteiger partial charge is 0.0194 e. The molecule has 2 rings (SSSR count). The largest absolute Gasteiger partial charge is 0.326 e. The van der Waals surface area contributed by atoms with E-state index in [0.29, 0.717) is 6.04 Å². The molecule has 0 amide bonds. The predicted molar refractivity (Wildman–Crippen MR) is 49.9 cm³/mol. The van der Waals surface area contributed by atoms with Gasteiger partial charge in [0.25, 0.3) is 0 Å². The van der Waals surface area contributed by atoms with Crippen LogP contribution in [0.25, 0.3) is 0 Å². The number of rotatable bonds is 1. The molecule has 2 aliphatic rings. The van der Waals surface area contributed by atoms with Crippen LogP contribution in [0.1, 0.15) is 12.8 Å². The molecule has 2 aliphatic heterocycles. The fourth-order valence-corrected chi connectivity index (χ4v) is 3.21. The molecule has 11 heavy (non-hydrogen) atoms. The lowest BCUT2D eigenvalue weighted by molar-refractivity contribution is 0.261. The summed E-state index contributed by atoms with van der Waals surface area (Å²) in [5.74, 6) is 2.70. The summed E-state index contributed by atoms with van der Waals surface area (Å²) < 4.78 is 0. The van der Waals surface area contributed by atoms with E-state index in [1.165, 1.54) is 30.9 Å². The van der Waals surface area contributed by atoms with Crippen molar-refractivity contribution in [3.63, 3.8) is 0 Å². The minimum atomic E-state index is 0.459. The lowest BCUT2D eigenvalue weighted by Gasteiger charge is -2.22. The minimum Gasteiger partial charge on any atom is -0.326 e. The number of hydrogen-bond acceptors (Lipinski definition) is 3. The summed E-state index contributed by atoms with van der Waals surface area (Å²) in [4.78, 5) is 2.57. The van der Waals surface area contributed by atoms with Crippen LogP contribution in [0.3, 0.4) is 0 Å². The Bertz CT molecular complexity index is 134. The molecule has 2 nitrogen and oxygen atoms in total. The van der Waals surface area contributed by atoms with Gasteiger partial charge in [-0.3, -0.25) is 4.90 Å². The highest BCUT2D eigenvalue weighted by atomic mass is 32.2. The number of hydrogen-bond donors (Lipinski definition) is 1. The van der Waals surface area contributed by atoms with Gasteiger partial charge in [0.05, 0.1) is 0 Å². The molecule has 0 radical (unpaired) electrons. The Morgan fingerprint density at radius 3 is 2.82 bits per heavy atom. The molecular weight excluding hydrogens is 156 g/mol. The van der Waals surface area contributed by atoms with Gasteiger partial charge in [0.2, 0.25) is 0 Å². The second-order valence-corrected chi connectivity index (χ2v) is 4.71. The molecule has 0 bridgehead atoms. The zero-order valence-electron chi connectivity index (χ0n) is 6.83. The Kier molecular flexibility index (Phi) is 2.39.